The zero-order chi connectivity index (χ0) is 19.4. The van der Waals surface area contributed by atoms with Crippen LogP contribution < -0.4 is 10.4 Å². The van der Waals surface area contributed by atoms with E-state index in [0.717, 1.165) is 10.5 Å². The normalized spacial score (nSPS) is 10.8. The average molecular weight is 384 g/mol. The number of thioether (sulfide) groups is 1. The van der Waals surface area contributed by atoms with Crippen molar-refractivity contribution in [1.82, 2.24) is 0 Å². The number of methoxy groups -OCH3 is 1. The van der Waals surface area contributed by atoms with Gasteiger partial charge < -0.3 is 13.9 Å². The molecule has 0 unspecified atom stereocenters. The SMILES string of the molecule is COc1ccc2c(COC(=O)CSc3ccc(C)cc3C)cc(=O)oc2c1. The fraction of sp³-hybridized carbons (Fsp3) is 0.238. The summed E-state index contributed by atoms with van der Waals surface area (Å²) in [5.74, 6) is 0.455. The summed E-state index contributed by atoms with van der Waals surface area (Å²) in [4.78, 5) is 24.9. The highest BCUT2D eigenvalue weighted by molar-refractivity contribution is 8.00. The van der Waals surface area contributed by atoms with E-state index in [0.29, 0.717) is 22.3 Å². The number of fused-ring (bicyclic) bond motifs is 1. The summed E-state index contributed by atoms with van der Waals surface area (Å²) in [6.07, 6.45) is 0. The number of aryl methyl sites for hydroxylation is 2. The first-order valence-electron chi connectivity index (χ1n) is 8.42. The quantitative estimate of drug-likeness (QED) is 0.360. The van der Waals surface area contributed by atoms with Crippen LogP contribution in [0, 0.1) is 13.8 Å². The molecule has 0 radical (unpaired) electrons. The van der Waals surface area contributed by atoms with Gasteiger partial charge in [-0.3, -0.25) is 4.79 Å². The second-order valence-corrected chi connectivity index (χ2v) is 7.19. The van der Waals surface area contributed by atoms with Crippen LogP contribution in [-0.2, 0) is 16.1 Å². The Balaban J connectivity index is 1.67. The average Bonchev–Trinajstić information content (AvgIpc) is 2.64. The summed E-state index contributed by atoms with van der Waals surface area (Å²) in [7, 11) is 1.54. The van der Waals surface area contributed by atoms with Gasteiger partial charge in [0.2, 0.25) is 0 Å². The maximum Gasteiger partial charge on any atom is 0.336 e. The van der Waals surface area contributed by atoms with Gasteiger partial charge in [-0.05, 0) is 37.6 Å². The van der Waals surface area contributed by atoms with Gasteiger partial charge in [-0.1, -0.05) is 17.7 Å². The van der Waals surface area contributed by atoms with Gasteiger partial charge in [0.25, 0.3) is 0 Å². The summed E-state index contributed by atoms with van der Waals surface area (Å²) in [5.41, 5.74) is 2.83. The van der Waals surface area contributed by atoms with E-state index < -0.39 is 5.63 Å². The molecule has 2 aromatic carbocycles. The van der Waals surface area contributed by atoms with Crippen molar-refractivity contribution >= 4 is 28.7 Å². The van der Waals surface area contributed by atoms with Gasteiger partial charge in [0.15, 0.2) is 0 Å². The van der Waals surface area contributed by atoms with Crippen molar-refractivity contribution in [2.45, 2.75) is 25.3 Å². The van der Waals surface area contributed by atoms with Crippen LogP contribution in [0.25, 0.3) is 11.0 Å². The Labute approximate surface area is 161 Å². The van der Waals surface area contributed by atoms with Crippen LogP contribution in [0.4, 0.5) is 0 Å². The van der Waals surface area contributed by atoms with E-state index in [4.69, 9.17) is 13.9 Å². The van der Waals surface area contributed by atoms with E-state index in [1.807, 2.05) is 26.0 Å². The topological polar surface area (TPSA) is 65.7 Å². The van der Waals surface area contributed by atoms with Gasteiger partial charge in [0.05, 0.1) is 12.9 Å². The molecule has 6 heteroatoms. The lowest BCUT2D eigenvalue weighted by atomic mass is 10.1. The predicted octanol–water partition coefficient (Wildman–Crippen LogP) is 4.25. The zero-order valence-electron chi connectivity index (χ0n) is 15.4. The van der Waals surface area contributed by atoms with Crippen LogP contribution in [0.3, 0.4) is 0 Å². The monoisotopic (exact) mass is 384 g/mol. The van der Waals surface area contributed by atoms with Crippen molar-refractivity contribution in [1.29, 1.82) is 0 Å². The molecule has 1 heterocycles. The van der Waals surface area contributed by atoms with E-state index in [9.17, 15) is 9.59 Å². The second-order valence-electron chi connectivity index (χ2n) is 6.17. The molecule has 0 aliphatic carbocycles. The molecule has 0 amide bonds. The fourth-order valence-corrected chi connectivity index (χ4v) is 3.56. The van der Waals surface area contributed by atoms with E-state index in [2.05, 4.69) is 6.07 Å². The molecule has 0 fully saturated rings. The summed E-state index contributed by atoms with van der Waals surface area (Å²) >= 11 is 1.44. The number of rotatable bonds is 6. The first-order chi connectivity index (χ1) is 13.0. The van der Waals surface area contributed by atoms with Crippen LogP contribution in [0.1, 0.15) is 16.7 Å². The van der Waals surface area contributed by atoms with Crippen LogP contribution in [0.15, 0.2) is 56.6 Å². The number of carbonyl (C=O) groups excluding carboxylic acids is 1. The third-order valence-electron chi connectivity index (χ3n) is 4.10. The maximum absolute atomic E-state index is 12.1. The summed E-state index contributed by atoms with van der Waals surface area (Å²) in [6, 6.07) is 12.6. The first-order valence-corrected chi connectivity index (χ1v) is 9.41. The molecule has 0 aliphatic heterocycles. The Kier molecular flexibility index (Phi) is 5.86. The highest BCUT2D eigenvalue weighted by atomic mass is 32.2. The molecule has 0 saturated heterocycles. The third kappa shape index (κ3) is 4.71. The van der Waals surface area contributed by atoms with Crippen LogP contribution >= 0.6 is 11.8 Å². The van der Waals surface area contributed by atoms with Crippen molar-refractivity contribution in [3.8, 4) is 5.75 Å². The molecule has 0 aliphatic rings. The fourth-order valence-electron chi connectivity index (χ4n) is 2.75. The van der Waals surface area contributed by atoms with Crippen LogP contribution in [0.5, 0.6) is 5.75 Å². The number of carbonyl (C=O) groups is 1. The first kappa shape index (κ1) is 19.0. The summed E-state index contributed by atoms with van der Waals surface area (Å²) < 4.78 is 15.7. The molecular formula is C21H20O5S. The summed E-state index contributed by atoms with van der Waals surface area (Å²) in [6.45, 7) is 4.07. The van der Waals surface area contributed by atoms with Gasteiger partial charge >= 0.3 is 11.6 Å². The largest absolute Gasteiger partial charge is 0.497 e. The Bertz CT molecular complexity index is 1040. The second kappa shape index (κ2) is 8.31. The number of benzene rings is 2. The number of hydrogen-bond acceptors (Lipinski definition) is 6. The molecule has 3 rings (SSSR count). The lowest BCUT2D eigenvalue weighted by molar-refractivity contribution is -0.141. The molecule has 5 nitrogen and oxygen atoms in total. The van der Waals surface area contributed by atoms with Gasteiger partial charge in [-0.15, -0.1) is 11.8 Å². The molecule has 0 atom stereocenters. The molecule has 140 valence electrons. The lowest BCUT2D eigenvalue weighted by Crippen LogP contribution is -2.09. The van der Waals surface area contributed by atoms with Gasteiger partial charge in [0.1, 0.15) is 17.9 Å². The molecule has 0 saturated carbocycles. The zero-order valence-corrected chi connectivity index (χ0v) is 16.2. The van der Waals surface area contributed by atoms with E-state index in [1.165, 1.54) is 23.4 Å². The van der Waals surface area contributed by atoms with Gasteiger partial charge in [0, 0.05) is 28.0 Å². The highest BCUT2D eigenvalue weighted by Crippen LogP contribution is 2.25. The number of hydrogen-bond donors (Lipinski definition) is 0. The van der Waals surface area contributed by atoms with Crippen molar-refractivity contribution in [2.24, 2.45) is 0 Å². The van der Waals surface area contributed by atoms with Crippen LogP contribution in [0.2, 0.25) is 0 Å². The van der Waals surface area contributed by atoms with Crippen molar-refractivity contribution in [3.05, 3.63) is 69.6 Å². The smallest absolute Gasteiger partial charge is 0.336 e. The number of ether oxygens (including phenoxy) is 2. The Hall–Kier alpha value is -2.73. The molecule has 27 heavy (non-hydrogen) atoms. The molecule has 1 aromatic heterocycles. The maximum atomic E-state index is 12.1. The molecule has 0 bridgehead atoms. The molecule has 0 N–H and O–H groups in total. The minimum absolute atomic E-state index is 0.0146. The highest BCUT2D eigenvalue weighted by Gasteiger charge is 2.11. The van der Waals surface area contributed by atoms with Gasteiger partial charge in [-0.25, -0.2) is 4.79 Å². The standard InChI is InChI=1S/C21H20O5S/c1-13-4-7-19(14(2)8-13)27-12-21(23)25-11-15-9-20(22)26-18-10-16(24-3)5-6-17(15)18/h4-10H,11-12H2,1-3H3. The van der Waals surface area contributed by atoms with Gasteiger partial charge in [-0.2, -0.15) is 0 Å². The Morgan fingerprint density at radius 1 is 1.11 bits per heavy atom. The number of esters is 1. The molecule has 3 aromatic rings. The minimum Gasteiger partial charge on any atom is -0.497 e. The third-order valence-corrected chi connectivity index (χ3v) is 5.25. The van der Waals surface area contributed by atoms with E-state index in [-0.39, 0.29) is 18.3 Å². The van der Waals surface area contributed by atoms with Crippen molar-refractivity contribution < 1.29 is 18.7 Å². The lowest BCUT2D eigenvalue weighted by Gasteiger charge is -2.09. The van der Waals surface area contributed by atoms with E-state index in [1.54, 1.807) is 25.3 Å². The Morgan fingerprint density at radius 2 is 1.93 bits per heavy atom. The minimum atomic E-state index is -0.494. The predicted molar refractivity (Wildman–Crippen MR) is 105 cm³/mol. The molecular weight excluding hydrogens is 364 g/mol. The van der Waals surface area contributed by atoms with Crippen molar-refractivity contribution in [3.63, 3.8) is 0 Å². The summed E-state index contributed by atoms with van der Waals surface area (Å²) in [5, 5.41) is 0.713. The van der Waals surface area contributed by atoms with E-state index >= 15 is 0 Å². The van der Waals surface area contributed by atoms with Crippen molar-refractivity contribution in [2.75, 3.05) is 12.9 Å². The Morgan fingerprint density at radius 3 is 2.67 bits per heavy atom. The van der Waals surface area contributed by atoms with Crippen LogP contribution in [-0.4, -0.2) is 18.8 Å². The molecule has 0 spiro atoms.